The Balaban J connectivity index is 1.59. The van der Waals surface area contributed by atoms with Crippen molar-refractivity contribution in [2.24, 2.45) is 0 Å². The third-order valence-electron chi connectivity index (χ3n) is 3.27. The van der Waals surface area contributed by atoms with E-state index in [-0.39, 0.29) is 16.8 Å². The molecule has 9 heteroatoms. The number of carbonyl (C=O) groups excluding carboxylic acids is 1. The quantitative estimate of drug-likeness (QED) is 0.686. The van der Waals surface area contributed by atoms with E-state index in [1.165, 1.54) is 4.80 Å². The van der Waals surface area contributed by atoms with Crippen LogP contribution >= 0.6 is 12.2 Å². The standard InChI is InChI=1S/C15H16N6O2S/c1-2-3-8-21-19-14(18-20-21)17-15(24)16-13(22)12-9-10-6-4-5-7-11(10)23-12/h4-7,9H,2-3,8H2,1H3,(H2,16,17,19,22,24). The zero-order valence-corrected chi connectivity index (χ0v) is 13.8. The lowest BCUT2D eigenvalue weighted by Crippen LogP contribution is -2.34. The van der Waals surface area contributed by atoms with Gasteiger partial charge in [0.25, 0.3) is 11.9 Å². The summed E-state index contributed by atoms with van der Waals surface area (Å²) in [4.78, 5) is 13.6. The molecule has 3 aromatic rings. The second-order valence-electron chi connectivity index (χ2n) is 5.12. The van der Waals surface area contributed by atoms with Crippen molar-refractivity contribution < 1.29 is 9.21 Å². The van der Waals surface area contributed by atoms with Crippen LogP contribution in [0.25, 0.3) is 11.0 Å². The zero-order chi connectivity index (χ0) is 16.9. The van der Waals surface area contributed by atoms with Crippen LogP contribution in [0.5, 0.6) is 0 Å². The van der Waals surface area contributed by atoms with Crippen molar-refractivity contribution in [3.63, 3.8) is 0 Å². The van der Waals surface area contributed by atoms with Crippen LogP contribution in [0.3, 0.4) is 0 Å². The maximum absolute atomic E-state index is 12.2. The van der Waals surface area contributed by atoms with Gasteiger partial charge in [0, 0.05) is 5.39 Å². The molecule has 24 heavy (non-hydrogen) atoms. The molecule has 2 aromatic heterocycles. The summed E-state index contributed by atoms with van der Waals surface area (Å²) in [5.41, 5.74) is 0.641. The van der Waals surface area contributed by atoms with Crippen LogP contribution in [-0.2, 0) is 6.54 Å². The minimum Gasteiger partial charge on any atom is -0.451 e. The number of hydrogen-bond acceptors (Lipinski definition) is 6. The Bertz CT molecular complexity index is 839. The first-order valence-corrected chi connectivity index (χ1v) is 7.95. The zero-order valence-electron chi connectivity index (χ0n) is 13.0. The fourth-order valence-electron chi connectivity index (χ4n) is 2.08. The largest absolute Gasteiger partial charge is 0.451 e. The first kappa shape index (κ1) is 16.1. The molecule has 0 spiro atoms. The third-order valence-corrected chi connectivity index (χ3v) is 3.47. The highest BCUT2D eigenvalue weighted by Crippen LogP contribution is 2.18. The molecule has 0 unspecified atom stereocenters. The number of amides is 1. The average molecular weight is 344 g/mol. The number of hydrogen-bond donors (Lipinski definition) is 2. The smallest absolute Gasteiger partial charge is 0.293 e. The first-order valence-electron chi connectivity index (χ1n) is 7.54. The number of benzene rings is 1. The summed E-state index contributed by atoms with van der Waals surface area (Å²) < 4.78 is 5.48. The van der Waals surface area contributed by atoms with Crippen LogP contribution in [0, 0.1) is 0 Å². The molecule has 3 rings (SSSR count). The normalized spacial score (nSPS) is 10.7. The fraction of sp³-hybridized carbons (Fsp3) is 0.267. The number of nitrogens with one attached hydrogen (secondary N) is 2. The summed E-state index contributed by atoms with van der Waals surface area (Å²) in [6.45, 7) is 2.77. The number of aromatic nitrogens is 4. The molecule has 1 amide bonds. The molecular weight excluding hydrogens is 328 g/mol. The molecule has 0 saturated carbocycles. The van der Waals surface area contributed by atoms with Crippen LogP contribution in [-0.4, -0.2) is 31.2 Å². The monoisotopic (exact) mass is 344 g/mol. The van der Waals surface area contributed by atoms with Crippen molar-refractivity contribution >= 4 is 40.2 Å². The van der Waals surface area contributed by atoms with Gasteiger partial charge in [-0.1, -0.05) is 36.6 Å². The van der Waals surface area contributed by atoms with Crippen molar-refractivity contribution in [3.8, 4) is 0 Å². The summed E-state index contributed by atoms with van der Waals surface area (Å²) in [7, 11) is 0. The van der Waals surface area contributed by atoms with Crippen LogP contribution in [0.1, 0.15) is 30.3 Å². The Kier molecular flexibility index (Phi) is 4.80. The molecule has 0 aliphatic carbocycles. The lowest BCUT2D eigenvalue weighted by molar-refractivity contribution is 0.0953. The first-order chi connectivity index (χ1) is 11.7. The van der Waals surface area contributed by atoms with Crippen molar-refractivity contribution in [2.75, 3.05) is 5.32 Å². The number of rotatable bonds is 5. The number of unbranched alkanes of at least 4 members (excludes halogenated alkanes) is 1. The van der Waals surface area contributed by atoms with Crippen molar-refractivity contribution in [1.82, 2.24) is 25.5 Å². The molecule has 0 saturated heterocycles. The molecule has 0 aliphatic heterocycles. The Morgan fingerprint density at radius 2 is 2.21 bits per heavy atom. The summed E-state index contributed by atoms with van der Waals surface area (Å²) in [6, 6.07) is 9.03. The van der Waals surface area contributed by atoms with E-state index in [0.717, 1.165) is 18.2 Å². The highest BCUT2D eigenvalue weighted by Gasteiger charge is 2.14. The molecule has 0 bridgehead atoms. The SMILES string of the molecule is CCCCn1nnc(NC(=S)NC(=O)c2cc3ccccc3o2)n1. The molecule has 124 valence electrons. The van der Waals surface area contributed by atoms with Gasteiger partial charge in [0.05, 0.1) is 6.54 Å². The summed E-state index contributed by atoms with van der Waals surface area (Å²) in [5, 5.41) is 18.0. The number of nitrogens with zero attached hydrogens (tertiary/aromatic N) is 4. The Morgan fingerprint density at radius 1 is 1.38 bits per heavy atom. The second-order valence-corrected chi connectivity index (χ2v) is 5.53. The lowest BCUT2D eigenvalue weighted by atomic mass is 10.2. The van der Waals surface area contributed by atoms with Gasteiger partial charge in [-0.25, -0.2) is 0 Å². The fourth-order valence-corrected chi connectivity index (χ4v) is 2.26. The van der Waals surface area contributed by atoms with E-state index in [1.807, 2.05) is 18.2 Å². The lowest BCUT2D eigenvalue weighted by Gasteiger charge is -2.04. The topological polar surface area (TPSA) is 97.9 Å². The van der Waals surface area contributed by atoms with E-state index in [0.29, 0.717) is 12.1 Å². The average Bonchev–Trinajstić information content (AvgIpc) is 3.19. The number of anilines is 1. The number of fused-ring (bicyclic) bond motifs is 1. The van der Waals surface area contributed by atoms with Gasteiger partial charge in [0.2, 0.25) is 0 Å². The summed E-state index contributed by atoms with van der Waals surface area (Å²) in [6.07, 6.45) is 2.00. The van der Waals surface area contributed by atoms with Gasteiger partial charge in [-0.3, -0.25) is 15.4 Å². The van der Waals surface area contributed by atoms with Crippen molar-refractivity contribution in [3.05, 3.63) is 36.1 Å². The number of thiocarbonyl (C=S) groups is 1. The molecule has 1 aromatic carbocycles. The highest BCUT2D eigenvalue weighted by atomic mass is 32.1. The van der Waals surface area contributed by atoms with Gasteiger partial charge in [-0.2, -0.15) is 4.80 Å². The molecule has 2 N–H and O–H groups in total. The van der Waals surface area contributed by atoms with Gasteiger partial charge in [0.15, 0.2) is 10.9 Å². The van der Waals surface area contributed by atoms with E-state index in [2.05, 4.69) is 33.0 Å². The van der Waals surface area contributed by atoms with Crippen LogP contribution in [0.15, 0.2) is 34.7 Å². The number of aryl methyl sites for hydroxylation is 1. The number of carbonyl (C=O) groups is 1. The summed E-state index contributed by atoms with van der Waals surface area (Å²) in [5.74, 6) is -0.0250. The molecular formula is C15H16N6O2S. The van der Waals surface area contributed by atoms with Gasteiger partial charge < -0.3 is 4.42 Å². The van der Waals surface area contributed by atoms with Gasteiger partial charge in [0.1, 0.15) is 5.58 Å². The van der Waals surface area contributed by atoms with Gasteiger partial charge in [-0.05, 0) is 36.0 Å². The van der Waals surface area contributed by atoms with E-state index in [1.54, 1.807) is 12.1 Å². The second kappa shape index (κ2) is 7.18. The molecule has 0 aliphatic rings. The van der Waals surface area contributed by atoms with E-state index in [9.17, 15) is 4.79 Å². The highest BCUT2D eigenvalue weighted by molar-refractivity contribution is 7.80. The van der Waals surface area contributed by atoms with Gasteiger partial charge in [-0.15, -0.1) is 5.10 Å². The Labute approximate surface area is 143 Å². The van der Waals surface area contributed by atoms with Crippen LogP contribution in [0.4, 0.5) is 5.95 Å². The van der Waals surface area contributed by atoms with Crippen LogP contribution in [0.2, 0.25) is 0 Å². The van der Waals surface area contributed by atoms with E-state index in [4.69, 9.17) is 16.6 Å². The maximum atomic E-state index is 12.2. The molecule has 0 atom stereocenters. The number of para-hydroxylation sites is 1. The van der Waals surface area contributed by atoms with Crippen molar-refractivity contribution in [2.45, 2.75) is 26.3 Å². The Morgan fingerprint density at radius 3 is 3.00 bits per heavy atom. The minimum absolute atomic E-state index is 0.0792. The van der Waals surface area contributed by atoms with E-state index >= 15 is 0 Å². The van der Waals surface area contributed by atoms with Crippen LogP contribution < -0.4 is 10.6 Å². The molecule has 2 heterocycles. The third kappa shape index (κ3) is 3.74. The maximum Gasteiger partial charge on any atom is 0.293 e. The predicted molar refractivity (Wildman–Crippen MR) is 92.6 cm³/mol. The number of furan rings is 1. The minimum atomic E-state index is -0.443. The summed E-state index contributed by atoms with van der Waals surface area (Å²) >= 11 is 5.09. The van der Waals surface area contributed by atoms with Gasteiger partial charge >= 0.3 is 0 Å². The number of tetrazole rings is 1. The predicted octanol–water partition coefficient (Wildman–Crippen LogP) is 2.35. The Hall–Kier alpha value is -2.81. The molecule has 0 radical (unpaired) electrons. The molecule has 0 fully saturated rings. The molecule has 8 nitrogen and oxygen atoms in total. The van der Waals surface area contributed by atoms with Crippen molar-refractivity contribution in [1.29, 1.82) is 0 Å². The van der Waals surface area contributed by atoms with E-state index < -0.39 is 5.91 Å².